The maximum atomic E-state index is 4.31. The second-order valence-electron chi connectivity index (χ2n) is 5.44. The summed E-state index contributed by atoms with van der Waals surface area (Å²) < 4.78 is 0. The Kier molecular flexibility index (Phi) is 2.80. The molecule has 0 aromatic heterocycles. The molecular weight excluding hydrogens is 184 g/mol. The normalized spacial score (nSPS) is 31.7. The zero-order valence-corrected chi connectivity index (χ0v) is 10.4. The van der Waals surface area contributed by atoms with Crippen LogP contribution >= 0.6 is 0 Å². The van der Waals surface area contributed by atoms with Crippen molar-refractivity contribution < 1.29 is 0 Å². The van der Waals surface area contributed by atoms with Gasteiger partial charge in [-0.15, -0.1) is 0 Å². The fraction of sp³-hybridized carbons (Fsp3) is 0.846. The molecule has 2 rings (SSSR count). The molecule has 2 aliphatic rings. The molecule has 0 aliphatic carbocycles. The molecule has 1 spiro atoms. The van der Waals surface area contributed by atoms with E-state index in [9.17, 15) is 0 Å². The van der Waals surface area contributed by atoms with Crippen LogP contribution in [0.5, 0.6) is 0 Å². The van der Waals surface area contributed by atoms with Gasteiger partial charge in [-0.3, -0.25) is 4.90 Å². The van der Waals surface area contributed by atoms with E-state index in [1.54, 1.807) is 0 Å². The molecule has 86 valence electrons. The Morgan fingerprint density at radius 1 is 1.47 bits per heavy atom. The van der Waals surface area contributed by atoms with E-state index >= 15 is 0 Å². The van der Waals surface area contributed by atoms with Gasteiger partial charge in [0.1, 0.15) is 0 Å². The van der Waals surface area contributed by atoms with Crippen LogP contribution in [0, 0.1) is 5.92 Å². The molecule has 2 nitrogen and oxygen atoms in total. The number of hydrogen-bond donors (Lipinski definition) is 0. The minimum atomic E-state index is 0.365. The van der Waals surface area contributed by atoms with Crippen molar-refractivity contribution in [1.82, 2.24) is 9.80 Å². The van der Waals surface area contributed by atoms with E-state index in [1.165, 1.54) is 44.7 Å². The van der Waals surface area contributed by atoms with Crippen LogP contribution in [-0.2, 0) is 0 Å². The Bertz CT molecular complexity index is 259. The summed E-state index contributed by atoms with van der Waals surface area (Å²) in [5, 5.41) is 0. The topological polar surface area (TPSA) is 6.48 Å². The predicted molar refractivity (Wildman–Crippen MR) is 64.8 cm³/mol. The molecule has 0 amide bonds. The van der Waals surface area contributed by atoms with E-state index in [0.717, 1.165) is 5.92 Å². The summed E-state index contributed by atoms with van der Waals surface area (Å²) in [5.41, 5.74) is 1.75. The predicted octanol–water partition coefficient (Wildman–Crippen LogP) is 2.33. The molecular formula is C13H24N2. The van der Waals surface area contributed by atoms with Gasteiger partial charge in [0.25, 0.3) is 0 Å². The third-order valence-corrected chi connectivity index (χ3v) is 3.96. The van der Waals surface area contributed by atoms with Gasteiger partial charge in [0.15, 0.2) is 0 Å². The Morgan fingerprint density at radius 2 is 2.20 bits per heavy atom. The third kappa shape index (κ3) is 1.59. The number of nitrogens with zero attached hydrogens (tertiary/aromatic N) is 2. The highest BCUT2D eigenvalue weighted by Crippen LogP contribution is 2.44. The van der Waals surface area contributed by atoms with Crippen molar-refractivity contribution in [2.24, 2.45) is 5.92 Å². The summed E-state index contributed by atoms with van der Waals surface area (Å²) in [7, 11) is 0. The zero-order valence-electron chi connectivity index (χ0n) is 10.4. The lowest BCUT2D eigenvalue weighted by Crippen LogP contribution is -2.65. The molecule has 2 aliphatic heterocycles. The SMILES string of the molecule is C=C1N(CC(C)C)CC12CCCN2CC. The van der Waals surface area contributed by atoms with Crippen molar-refractivity contribution in [3.8, 4) is 0 Å². The van der Waals surface area contributed by atoms with Crippen LogP contribution in [-0.4, -0.2) is 41.5 Å². The molecule has 15 heavy (non-hydrogen) atoms. The molecule has 0 aromatic rings. The summed E-state index contributed by atoms with van der Waals surface area (Å²) >= 11 is 0. The number of likely N-dealkylation sites (N-methyl/N-ethyl adjacent to an activating group) is 1. The lowest BCUT2D eigenvalue weighted by Gasteiger charge is -2.56. The Morgan fingerprint density at radius 3 is 2.73 bits per heavy atom. The number of likely N-dealkylation sites (tertiary alicyclic amines) is 2. The van der Waals surface area contributed by atoms with E-state index in [2.05, 4.69) is 37.1 Å². The number of hydrogen-bond acceptors (Lipinski definition) is 2. The molecule has 0 N–H and O–H groups in total. The van der Waals surface area contributed by atoms with Gasteiger partial charge in [-0.2, -0.15) is 0 Å². The van der Waals surface area contributed by atoms with E-state index in [0.29, 0.717) is 5.54 Å². The monoisotopic (exact) mass is 208 g/mol. The minimum Gasteiger partial charge on any atom is -0.371 e. The first-order valence-corrected chi connectivity index (χ1v) is 6.29. The van der Waals surface area contributed by atoms with Gasteiger partial charge in [-0.1, -0.05) is 27.4 Å². The van der Waals surface area contributed by atoms with Crippen molar-refractivity contribution in [1.29, 1.82) is 0 Å². The Balaban J connectivity index is 2.00. The average molecular weight is 208 g/mol. The van der Waals surface area contributed by atoms with Crippen LogP contribution in [0.25, 0.3) is 0 Å². The highest BCUT2D eigenvalue weighted by molar-refractivity contribution is 5.29. The average Bonchev–Trinajstić information content (AvgIpc) is 2.62. The van der Waals surface area contributed by atoms with Crippen molar-refractivity contribution >= 4 is 0 Å². The van der Waals surface area contributed by atoms with Crippen LogP contribution in [0.4, 0.5) is 0 Å². The summed E-state index contributed by atoms with van der Waals surface area (Å²) in [6.45, 7) is 16.0. The van der Waals surface area contributed by atoms with Crippen LogP contribution in [0.1, 0.15) is 33.6 Å². The van der Waals surface area contributed by atoms with Gasteiger partial charge in [0.2, 0.25) is 0 Å². The largest absolute Gasteiger partial charge is 0.371 e. The first-order chi connectivity index (χ1) is 7.10. The van der Waals surface area contributed by atoms with E-state index in [1.807, 2.05) is 0 Å². The summed E-state index contributed by atoms with van der Waals surface area (Å²) in [4.78, 5) is 5.09. The van der Waals surface area contributed by atoms with E-state index in [-0.39, 0.29) is 0 Å². The van der Waals surface area contributed by atoms with Crippen molar-refractivity contribution in [3.05, 3.63) is 12.3 Å². The lowest BCUT2D eigenvalue weighted by molar-refractivity contribution is 0.0252. The maximum absolute atomic E-state index is 4.31. The smallest absolute Gasteiger partial charge is 0.0781 e. The van der Waals surface area contributed by atoms with Gasteiger partial charge >= 0.3 is 0 Å². The fourth-order valence-corrected chi connectivity index (χ4v) is 3.22. The lowest BCUT2D eigenvalue weighted by atomic mass is 9.82. The highest BCUT2D eigenvalue weighted by atomic mass is 15.4. The molecule has 0 saturated carbocycles. The first kappa shape index (κ1) is 11.0. The van der Waals surface area contributed by atoms with Gasteiger partial charge in [0, 0.05) is 18.8 Å². The van der Waals surface area contributed by atoms with Crippen molar-refractivity contribution in [3.63, 3.8) is 0 Å². The molecule has 2 heterocycles. The van der Waals surface area contributed by atoms with E-state index < -0.39 is 0 Å². The molecule has 2 fully saturated rings. The van der Waals surface area contributed by atoms with Crippen molar-refractivity contribution in [2.75, 3.05) is 26.2 Å². The summed E-state index contributed by atoms with van der Waals surface area (Å²) in [6.07, 6.45) is 2.68. The van der Waals surface area contributed by atoms with E-state index in [4.69, 9.17) is 0 Å². The molecule has 1 unspecified atom stereocenters. The van der Waals surface area contributed by atoms with Crippen LogP contribution in [0.2, 0.25) is 0 Å². The standard InChI is InChI=1S/C13H24N2/c1-5-15-8-6-7-13(15)10-14(12(13)4)9-11(2)3/h11H,4-10H2,1-3H3. The van der Waals surface area contributed by atoms with Crippen LogP contribution in [0.3, 0.4) is 0 Å². The zero-order chi connectivity index (χ0) is 11.1. The summed E-state index contributed by atoms with van der Waals surface area (Å²) in [5.74, 6) is 0.746. The second-order valence-corrected chi connectivity index (χ2v) is 5.44. The van der Waals surface area contributed by atoms with Crippen molar-refractivity contribution in [2.45, 2.75) is 39.2 Å². The molecule has 2 heteroatoms. The first-order valence-electron chi connectivity index (χ1n) is 6.29. The molecule has 1 atom stereocenters. The third-order valence-electron chi connectivity index (χ3n) is 3.96. The molecule has 2 saturated heterocycles. The summed E-state index contributed by atoms with van der Waals surface area (Å²) in [6, 6.07) is 0. The molecule has 0 aromatic carbocycles. The fourth-order valence-electron chi connectivity index (χ4n) is 3.22. The second kappa shape index (κ2) is 3.82. The minimum absolute atomic E-state index is 0.365. The Hall–Kier alpha value is -0.500. The number of rotatable bonds is 3. The van der Waals surface area contributed by atoms with Crippen LogP contribution < -0.4 is 0 Å². The maximum Gasteiger partial charge on any atom is 0.0781 e. The van der Waals surface area contributed by atoms with Gasteiger partial charge in [0.05, 0.1) is 5.54 Å². The Labute approximate surface area is 93.9 Å². The quantitative estimate of drug-likeness (QED) is 0.702. The van der Waals surface area contributed by atoms with Gasteiger partial charge in [-0.05, 0) is 31.8 Å². The van der Waals surface area contributed by atoms with Gasteiger partial charge < -0.3 is 4.90 Å². The van der Waals surface area contributed by atoms with Gasteiger partial charge in [-0.25, -0.2) is 0 Å². The molecule has 0 bridgehead atoms. The molecule has 0 radical (unpaired) electrons. The van der Waals surface area contributed by atoms with Crippen LogP contribution in [0.15, 0.2) is 12.3 Å². The highest BCUT2D eigenvalue weighted by Gasteiger charge is 2.52.